The number of nitrogens with one attached hydrogen (secondary N) is 1. The molecular weight excluding hydrogens is 281 g/mol. The molecule has 2 aromatic carbocycles. The van der Waals surface area contributed by atoms with Crippen LogP contribution < -0.4 is 15.8 Å². The summed E-state index contributed by atoms with van der Waals surface area (Å²) in [4.78, 5) is 0. The minimum absolute atomic E-state index is 0.0559. The molecule has 0 heterocycles. The van der Waals surface area contributed by atoms with Gasteiger partial charge in [0.05, 0.1) is 11.8 Å². The number of benzene rings is 2. The number of rotatable bonds is 4. The summed E-state index contributed by atoms with van der Waals surface area (Å²) in [5.41, 5.74) is 6.36. The van der Waals surface area contributed by atoms with Crippen molar-refractivity contribution < 1.29 is 17.9 Å². The minimum Gasteiger partial charge on any atom is -0.491 e. The largest absolute Gasteiger partial charge is 0.491 e. The fraction of sp³-hybridized carbons (Fsp3) is 0.200. The topological polar surface area (TPSA) is 47.3 Å². The van der Waals surface area contributed by atoms with Crippen molar-refractivity contribution >= 4 is 17.1 Å². The van der Waals surface area contributed by atoms with Crippen LogP contribution in [0.15, 0.2) is 30.3 Å². The van der Waals surface area contributed by atoms with Crippen molar-refractivity contribution in [2.24, 2.45) is 0 Å². The van der Waals surface area contributed by atoms with Crippen LogP contribution in [0.3, 0.4) is 0 Å². The SMILES string of the molecule is CC(C)Oc1cc(N)cc(Nc2ccc(F)c(F)c2F)c1. The Hall–Kier alpha value is -2.37. The molecule has 2 aromatic rings. The molecular formula is C15H15F3N2O. The van der Waals surface area contributed by atoms with Crippen LogP contribution in [-0.4, -0.2) is 6.10 Å². The second-order valence-corrected chi connectivity index (χ2v) is 4.81. The normalized spacial score (nSPS) is 10.8. The van der Waals surface area contributed by atoms with E-state index in [2.05, 4.69) is 5.32 Å². The van der Waals surface area contributed by atoms with E-state index in [0.717, 1.165) is 12.1 Å². The van der Waals surface area contributed by atoms with Crippen molar-refractivity contribution in [2.75, 3.05) is 11.1 Å². The van der Waals surface area contributed by atoms with Crippen LogP contribution in [0.2, 0.25) is 0 Å². The predicted octanol–water partition coefficient (Wildman–Crippen LogP) is 4.22. The zero-order valence-corrected chi connectivity index (χ0v) is 11.6. The van der Waals surface area contributed by atoms with E-state index in [0.29, 0.717) is 17.1 Å². The molecule has 0 aromatic heterocycles. The lowest BCUT2D eigenvalue weighted by Gasteiger charge is -2.14. The van der Waals surface area contributed by atoms with Crippen LogP contribution >= 0.6 is 0 Å². The molecule has 0 aliphatic heterocycles. The Balaban J connectivity index is 2.31. The van der Waals surface area contributed by atoms with E-state index in [1.807, 2.05) is 13.8 Å². The van der Waals surface area contributed by atoms with Crippen LogP contribution in [-0.2, 0) is 0 Å². The van der Waals surface area contributed by atoms with Crippen molar-refractivity contribution in [3.8, 4) is 5.75 Å². The second-order valence-electron chi connectivity index (χ2n) is 4.81. The van der Waals surface area contributed by atoms with Crippen LogP contribution in [0.25, 0.3) is 0 Å². The molecule has 0 amide bonds. The Morgan fingerprint density at radius 2 is 1.76 bits per heavy atom. The fourth-order valence-electron chi connectivity index (χ4n) is 1.81. The molecule has 0 unspecified atom stereocenters. The molecule has 0 aliphatic carbocycles. The summed E-state index contributed by atoms with van der Waals surface area (Å²) in [6.45, 7) is 3.70. The zero-order chi connectivity index (χ0) is 15.6. The van der Waals surface area contributed by atoms with E-state index in [4.69, 9.17) is 10.5 Å². The third-order valence-corrected chi connectivity index (χ3v) is 2.61. The van der Waals surface area contributed by atoms with Crippen LogP contribution in [0, 0.1) is 17.5 Å². The maximum atomic E-state index is 13.6. The van der Waals surface area contributed by atoms with E-state index in [1.165, 1.54) is 6.07 Å². The average molecular weight is 296 g/mol. The first kappa shape index (κ1) is 15.0. The number of anilines is 3. The molecule has 2 rings (SSSR count). The van der Waals surface area contributed by atoms with Crippen LogP contribution in [0.1, 0.15) is 13.8 Å². The number of nitrogens with two attached hydrogens (primary N) is 1. The molecule has 3 N–H and O–H groups in total. The third-order valence-electron chi connectivity index (χ3n) is 2.61. The van der Waals surface area contributed by atoms with E-state index in [-0.39, 0.29) is 11.8 Å². The van der Waals surface area contributed by atoms with Gasteiger partial charge in [-0.1, -0.05) is 0 Å². The molecule has 0 aliphatic rings. The van der Waals surface area contributed by atoms with E-state index >= 15 is 0 Å². The Labute approximate surface area is 120 Å². The van der Waals surface area contributed by atoms with Gasteiger partial charge in [0.25, 0.3) is 0 Å². The van der Waals surface area contributed by atoms with Gasteiger partial charge in [0, 0.05) is 23.5 Å². The standard InChI is InChI=1S/C15H15F3N2O/c1-8(2)21-11-6-9(19)5-10(7-11)20-13-4-3-12(16)14(17)15(13)18/h3-8,20H,19H2,1-2H3. The van der Waals surface area contributed by atoms with Gasteiger partial charge in [-0.3, -0.25) is 0 Å². The highest BCUT2D eigenvalue weighted by Crippen LogP contribution is 2.28. The number of nitrogen functional groups attached to an aromatic ring is 1. The molecule has 0 saturated carbocycles. The summed E-state index contributed by atoms with van der Waals surface area (Å²) in [5.74, 6) is -3.56. The summed E-state index contributed by atoms with van der Waals surface area (Å²) >= 11 is 0. The van der Waals surface area contributed by atoms with E-state index < -0.39 is 17.5 Å². The van der Waals surface area contributed by atoms with Gasteiger partial charge >= 0.3 is 0 Å². The molecule has 3 nitrogen and oxygen atoms in total. The maximum Gasteiger partial charge on any atom is 0.196 e. The first-order valence-electron chi connectivity index (χ1n) is 6.34. The summed E-state index contributed by atoms with van der Waals surface area (Å²) in [7, 11) is 0. The van der Waals surface area contributed by atoms with E-state index in [1.54, 1.807) is 12.1 Å². The number of halogens is 3. The van der Waals surface area contributed by atoms with Gasteiger partial charge in [-0.15, -0.1) is 0 Å². The van der Waals surface area contributed by atoms with Gasteiger partial charge in [0.15, 0.2) is 17.5 Å². The minimum atomic E-state index is -1.53. The highest BCUT2D eigenvalue weighted by atomic mass is 19.2. The van der Waals surface area contributed by atoms with Gasteiger partial charge in [-0.25, -0.2) is 13.2 Å². The molecule has 0 saturated heterocycles. The lowest BCUT2D eigenvalue weighted by Crippen LogP contribution is -2.06. The van der Waals surface area contributed by atoms with Crippen molar-refractivity contribution in [1.82, 2.24) is 0 Å². The number of hydrogen-bond donors (Lipinski definition) is 2. The van der Waals surface area contributed by atoms with Gasteiger partial charge in [0.2, 0.25) is 0 Å². The van der Waals surface area contributed by atoms with Gasteiger partial charge in [-0.05, 0) is 32.0 Å². The molecule has 21 heavy (non-hydrogen) atoms. The van der Waals surface area contributed by atoms with Gasteiger partial charge in [-0.2, -0.15) is 0 Å². The molecule has 112 valence electrons. The molecule has 0 spiro atoms. The Bertz CT molecular complexity index is 660. The van der Waals surface area contributed by atoms with Crippen molar-refractivity contribution in [3.63, 3.8) is 0 Å². The Kier molecular flexibility index (Phi) is 4.26. The Morgan fingerprint density at radius 3 is 2.43 bits per heavy atom. The quantitative estimate of drug-likeness (QED) is 0.656. The van der Waals surface area contributed by atoms with Gasteiger partial charge < -0.3 is 15.8 Å². The molecule has 0 fully saturated rings. The second kappa shape index (κ2) is 5.95. The lowest BCUT2D eigenvalue weighted by atomic mass is 10.2. The Morgan fingerprint density at radius 1 is 1.05 bits per heavy atom. The van der Waals surface area contributed by atoms with E-state index in [9.17, 15) is 13.2 Å². The fourth-order valence-corrected chi connectivity index (χ4v) is 1.81. The third kappa shape index (κ3) is 3.59. The molecule has 0 atom stereocenters. The molecule has 6 heteroatoms. The smallest absolute Gasteiger partial charge is 0.196 e. The summed E-state index contributed by atoms with van der Waals surface area (Å²) in [5, 5.41) is 2.65. The lowest BCUT2D eigenvalue weighted by molar-refractivity contribution is 0.242. The van der Waals surface area contributed by atoms with Crippen molar-refractivity contribution in [1.29, 1.82) is 0 Å². The first-order valence-corrected chi connectivity index (χ1v) is 6.34. The van der Waals surface area contributed by atoms with Crippen molar-refractivity contribution in [2.45, 2.75) is 20.0 Å². The summed E-state index contributed by atoms with van der Waals surface area (Å²) in [6, 6.07) is 6.70. The number of ether oxygens (including phenoxy) is 1. The van der Waals surface area contributed by atoms with Crippen LogP contribution in [0.5, 0.6) is 5.75 Å². The average Bonchev–Trinajstić information content (AvgIpc) is 2.38. The van der Waals surface area contributed by atoms with Gasteiger partial charge in [0.1, 0.15) is 5.75 Å². The maximum absolute atomic E-state index is 13.6. The monoisotopic (exact) mass is 296 g/mol. The zero-order valence-electron chi connectivity index (χ0n) is 11.6. The summed E-state index contributed by atoms with van der Waals surface area (Å²) < 4.78 is 45.2. The highest BCUT2D eigenvalue weighted by Gasteiger charge is 2.14. The van der Waals surface area contributed by atoms with Crippen molar-refractivity contribution in [3.05, 3.63) is 47.8 Å². The molecule has 0 bridgehead atoms. The van der Waals surface area contributed by atoms with Crippen LogP contribution in [0.4, 0.5) is 30.2 Å². The summed E-state index contributed by atoms with van der Waals surface area (Å²) in [6.07, 6.45) is -0.0559. The number of hydrogen-bond acceptors (Lipinski definition) is 3. The highest BCUT2D eigenvalue weighted by molar-refractivity contribution is 5.66. The predicted molar refractivity (Wildman–Crippen MR) is 76.2 cm³/mol. The molecule has 0 radical (unpaired) electrons. The first-order chi connectivity index (χ1) is 9.86.